The number of benzene rings is 7. The molecule has 3 heterocycles. The average molecular weight is 782 g/mol. The first-order valence-electron chi connectivity index (χ1n) is 19.9. The van der Waals surface area contributed by atoms with Gasteiger partial charge in [-0.2, -0.15) is 0 Å². The Bertz CT molecular complexity index is 3080. The second kappa shape index (κ2) is 15.5. The maximum atomic E-state index is 4.10. The first-order chi connectivity index (χ1) is 28.6. The molecule has 1 nitrogen and oxygen atoms in total. The van der Waals surface area contributed by atoms with Crippen LogP contribution in [0.3, 0.4) is 0 Å². The molecule has 0 N–H and O–H groups in total. The lowest BCUT2D eigenvalue weighted by molar-refractivity contribution is 0.723. The zero-order valence-corrected chi connectivity index (χ0v) is 34.4. The van der Waals surface area contributed by atoms with Crippen LogP contribution in [0.15, 0.2) is 212 Å². The van der Waals surface area contributed by atoms with Gasteiger partial charge in [0.2, 0.25) is 0 Å². The Hall–Kier alpha value is -6.39. The van der Waals surface area contributed by atoms with Crippen molar-refractivity contribution in [3.05, 3.63) is 230 Å². The van der Waals surface area contributed by atoms with Crippen molar-refractivity contribution in [2.45, 2.75) is 29.1 Å². The lowest BCUT2D eigenvalue weighted by Crippen LogP contribution is -2.31. The largest absolute Gasteiger partial charge is 0.316 e. The van der Waals surface area contributed by atoms with Crippen LogP contribution in [0.25, 0.3) is 64.9 Å². The number of nitrogens with zero attached hydrogens (tertiary/aromatic N) is 1. The van der Waals surface area contributed by atoms with Crippen LogP contribution in [0, 0.1) is 0 Å². The summed E-state index contributed by atoms with van der Waals surface area (Å²) in [7, 11) is 0. The van der Waals surface area contributed by atoms with E-state index in [2.05, 4.69) is 194 Å². The van der Waals surface area contributed by atoms with E-state index in [0.29, 0.717) is 0 Å². The summed E-state index contributed by atoms with van der Waals surface area (Å²) in [6, 6.07) is 56.5. The van der Waals surface area contributed by atoms with Gasteiger partial charge >= 0.3 is 0 Å². The maximum Gasteiger partial charge on any atom is 0.0736 e. The third-order valence-corrected chi connectivity index (χ3v) is 13.6. The first kappa shape index (κ1) is 37.2. The molecule has 7 aromatic carbocycles. The van der Waals surface area contributed by atoms with Crippen LogP contribution < -0.4 is 0 Å². The van der Waals surface area contributed by atoms with E-state index in [0.717, 1.165) is 5.57 Å². The topological polar surface area (TPSA) is 4.93 Å². The van der Waals surface area contributed by atoms with Crippen LogP contribution in [0.2, 0.25) is 0 Å². The zero-order chi connectivity index (χ0) is 39.8. The predicted octanol–water partition coefficient (Wildman–Crippen LogP) is 16.1. The number of thiophene rings is 1. The number of aromatic nitrogens is 1. The number of allylic oxidation sites excluding steroid dienone is 6. The summed E-state index contributed by atoms with van der Waals surface area (Å²) in [6.45, 7) is 14.8. The molecule has 0 saturated heterocycles. The van der Waals surface area contributed by atoms with Gasteiger partial charge in [0, 0.05) is 46.9 Å². The van der Waals surface area contributed by atoms with Gasteiger partial charge in [0.05, 0.1) is 16.4 Å². The summed E-state index contributed by atoms with van der Waals surface area (Å²) in [6.07, 6.45) is 11.8. The van der Waals surface area contributed by atoms with Crippen molar-refractivity contribution in [3.63, 3.8) is 0 Å². The third-order valence-electron chi connectivity index (χ3n) is 11.3. The average Bonchev–Trinajstić information content (AvgIpc) is 3.91. The third kappa shape index (κ3) is 5.76. The highest BCUT2D eigenvalue weighted by Crippen LogP contribution is 2.62. The van der Waals surface area contributed by atoms with Gasteiger partial charge < -0.3 is 4.57 Å². The van der Waals surface area contributed by atoms with Gasteiger partial charge in [-0.15, -0.1) is 11.3 Å². The Kier molecular flexibility index (Phi) is 9.95. The Morgan fingerprint density at radius 1 is 0.517 bits per heavy atom. The molecule has 3 heteroatoms. The van der Waals surface area contributed by atoms with Crippen molar-refractivity contribution >= 4 is 76.8 Å². The van der Waals surface area contributed by atoms with Gasteiger partial charge in [-0.3, -0.25) is 0 Å². The van der Waals surface area contributed by atoms with Crippen LogP contribution in [0.5, 0.6) is 0 Å². The van der Waals surface area contributed by atoms with E-state index >= 15 is 0 Å². The van der Waals surface area contributed by atoms with E-state index in [9.17, 15) is 0 Å². The minimum absolute atomic E-state index is 0.420. The van der Waals surface area contributed by atoms with Gasteiger partial charge in [-0.25, -0.2) is 0 Å². The van der Waals surface area contributed by atoms with Crippen LogP contribution in [-0.2, 0) is 5.41 Å². The Labute approximate surface area is 349 Å². The molecule has 0 atom stereocenters. The molecule has 0 saturated carbocycles. The molecule has 58 heavy (non-hydrogen) atoms. The summed E-state index contributed by atoms with van der Waals surface area (Å²) in [5.41, 5.74) is 12.3. The summed E-state index contributed by atoms with van der Waals surface area (Å²) in [5, 5.41) is 5.12. The molecule has 0 bridgehead atoms. The summed E-state index contributed by atoms with van der Waals surface area (Å²) >= 11 is 3.74. The minimum Gasteiger partial charge on any atom is -0.316 e. The second-order valence-corrected chi connectivity index (χ2v) is 16.3. The minimum atomic E-state index is -0.420. The molecular formula is C55H43NS2. The number of hydrogen-bond donors (Lipinski definition) is 0. The highest BCUT2D eigenvalue weighted by molar-refractivity contribution is 7.99. The molecule has 0 fully saturated rings. The molecule has 280 valence electrons. The summed E-state index contributed by atoms with van der Waals surface area (Å²) < 4.78 is 5.02. The normalized spacial score (nSPS) is 13.3. The van der Waals surface area contributed by atoms with Crippen molar-refractivity contribution < 1.29 is 0 Å². The van der Waals surface area contributed by atoms with Crippen LogP contribution in [-0.4, -0.2) is 4.57 Å². The molecule has 1 spiro atoms. The first-order valence-corrected chi connectivity index (χ1v) is 21.5. The number of rotatable bonds is 5. The van der Waals surface area contributed by atoms with Crippen LogP contribution in [0.1, 0.15) is 41.7 Å². The van der Waals surface area contributed by atoms with E-state index in [1.165, 1.54) is 90.7 Å². The monoisotopic (exact) mass is 781 g/mol. The molecule has 1 aliphatic heterocycles. The number of fused-ring (bicyclic) bond motifs is 15. The highest BCUT2D eigenvalue weighted by Gasteiger charge is 2.50. The van der Waals surface area contributed by atoms with Gasteiger partial charge in [0.15, 0.2) is 0 Å². The quantitative estimate of drug-likeness (QED) is 0.157. The van der Waals surface area contributed by atoms with Gasteiger partial charge in [0.1, 0.15) is 0 Å². The van der Waals surface area contributed by atoms with E-state index in [1.54, 1.807) is 12.2 Å². The summed E-state index contributed by atoms with van der Waals surface area (Å²) in [4.78, 5) is 2.64. The molecule has 9 aromatic rings. The Balaban J connectivity index is 0.000000687. The van der Waals surface area contributed by atoms with Crippen molar-refractivity contribution in [2.75, 3.05) is 0 Å². The van der Waals surface area contributed by atoms with E-state index in [-0.39, 0.29) is 0 Å². The standard InChI is InChI=1S/C49H31NS2.C4H6.C2H6/c1-2-13-31(32-24-25-46-38(28-32)35-16-5-10-21-45(35)51-46)26-27-50-43-20-9-4-15-34(43)37-29-36-33-14-3-6-17-39(33)49(42(36)30-44(37)50)40-18-7-11-22-47(40)52-48-23-12-8-19-41(48)49;1-3-4-2;1-2/h2-30H,1H2;3-4H,1-2H2;1-2H3/b27-26-,31-13+;;. The van der Waals surface area contributed by atoms with Gasteiger partial charge in [-0.05, 0) is 99.1 Å². The SMILES string of the molecule is C=C/C=C(\C=C/n1c2ccccc2c2cc3c(cc21)C1(c2ccccc2Sc2ccccc21)c1ccccc1-3)c1ccc2sc3ccccc3c2c1.C=CC=C.CC. The molecule has 0 unspecified atom stereocenters. The van der Waals surface area contributed by atoms with Gasteiger partial charge in [0.25, 0.3) is 0 Å². The number of para-hydroxylation sites is 1. The molecule has 2 aliphatic rings. The van der Waals surface area contributed by atoms with Crippen molar-refractivity contribution in [1.82, 2.24) is 4.57 Å². The fourth-order valence-electron chi connectivity index (χ4n) is 8.94. The maximum absolute atomic E-state index is 4.10. The van der Waals surface area contributed by atoms with Gasteiger partial charge in [-0.1, -0.05) is 173 Å². The molecule has 1 aliphatic carbocycles. The molecular weight excluding hydrogens is 739 g/mol. The second-order valence-electron chi connectivity index (χ2n) is 14.1. The van der Waals surface area contributed by atoms with Crippen molar-refractivity contribution in [2.24, 2.45) is 0 Å². The van der Waals surface area contributed by atoms with Crippen molar-refractivity contribution in [1.29, 1.82) is 0 Å². The fourth-order valence-corrected chi connectivity index (χ4v) is 11.2. The Morgan fingerprint density at radius 2 is 1.14 bits per heavy atom. The number of hydrogen-bond acceptors (Lipinski definition) is 2. The lowest BCUT2D eigenvalue weighted by Gasteiger charge is -2.39. The van der Waals surface area contributed by atoms with Crippen molar-refractivity contribution in [3.8, 4) is 11.1 Å². The molecule has 2 aromatic heterocycles. The van der Waals surface area contributed by atoms with Crippen LogP contribution >= 0.6 is 23.1 Å². The van der Waals surface area contributed by atoms with E-state index in [4.69, 9.17) is 0 Å². The molecule has 11 rings (SSSR count). The van der Waals surface area contributed by atoms with E-state index < -0.39 is 5.41 Å². The molecule has 0 radical (unpaired) electrons. The highest BCUT2D eigenvalue weighted by atomic mass is 32.2. The zero-order valence-electron chi connectivity index (χ0n) is 32.8. The fraction of sp³-hybridized carbons (Fsp3) is 0.0545. The summed E-state index contributed by atoms with van der Waals surface area (Å²) in [5.74, 6) is 0. The van der Waals surface area contributed by atoms with Crippen LogP contribution in [0.4, 0.5) is 0 Å². The smallest absolute Gasteiger partial charge is 0.0736 e. The van der Waals surface area contributed by atoms with E-state index in [1.807, 2.05) is 43.0 Å². The Morgan fingerprint density at radius 3 is 1.86 bits per heavy atom. The lowest BCUT2D eigenvalue weighted by atomic mass is 9.67. The molecule has 0 amide bonds. The predicted molar refractivity (Wildman–Crippen MR) is 255 cm³/mol.